The molecule has 1 amide bonds. The van der Waals surface area contributed by atoms with Crippen LogP contribution in [0.1, 0.15) is 21.6 Å². The van der Waals surface area contributed by atoms with Crippen molar-refractivity contribution in [1.82, 2.24) is 24.9 Å². The second kappa shape index (κ2) is 9.19. The van der Waals surface area contributed by atoms with Crippen LogP contribution in [0.5, 0.6) is 5.75 Å². The number of carbonyl (C=O) groups is 1. The molecule has 0 bridgehead atoms. The maximum atomic E-state index is 13.8. The van der Waals surface area contributed by atoms with Crippen LogP contribution in [-0.2, 0) is 12.6 Å². The average Bonchev–Trinajstić information content (AvgIpc) is 3.47. The van der Waals surface area contributed by atoms with E-state index < -0.39 is 17.8 Å². The Kier molecular flexibility index (Phi) is 6.05. The molecule has 3 aromatic heterocycles. The van der Waals surface area contributed by atoms with Gasteiger partial charge < -0.3 is 15.0 Å². The maximum Gasteiger partial charge on any atom is 0.433 e. The lowest BCUT2D eigenvalue weighted by Gasteiger charge is -2.12. The van der Waals surface area contributed by atoms with Gasteiger partial charge in [-0.3, -0.25) is 4.79 Å². The molecule has 2 aromatic carbocycles. The molecule has 0 saturated carbocycles. The van der Waals surface area contributed by atoms with Crippen LogP contribution >= 0.6 is 11.6 Å². The van der Waals surface area contributed by atoms with Crippen LogP contribution in [0.25, 0.3) is 27.8 Å². The van der Waals surface area contributed by atoms with Crippen LogP contribution in [0.4, 0.5) is 13.2 Å². The van der Waals surface area contributed by atoms with Crippen molar-refractivity contribution < 1.29 is 22.7 Å². The van der Waals surface area contributed by atoms with E-state index in [1.807, 2.05) is 18.3 Å². The summed E-state index contributed by atoms with van der Waals surface area (Å²) in [5, 5.41) is 8.09. The lowest BCUT2D eigenvalue weighted by Crippen LogP contribution is -2.26. The molecule has 0 saturated heterocycles. The van der Waals surface area contributed by atoms with Crippen LogP contribution in [0.15, 0.2) is 60.9 Å². The Balaban J connectivity index is 1.44. The summed E-state index contributed by atoms with van der Waals surface area (Å²) in [5.74, 6) is -0.0202. The molecule has 0 unspecified atom stereocenters. The molecule has 184 valence electrons. The Bertz CT molecular complexity index is 1570. The number of aromatic nitrogens is 4. The number of rotatable bonds is 6. The Morgan fingerprint density at radius 1 is 1.17 bits per heavy atom. The zero-order valence-electron chi connectivity index (χ0n) is 18.9. The van der Waals surface area contributed by atoms with Crippen molar-refractivity contribution in [3.8, 4) is 17.0 Å². The molecule has 5 aromatic rings. The fourth-order valence-corrected chi connectivity index (χ4v) is 4.17. The third-order valence-corrected chi connectivity index (χ3v) is 6.04. The van der Waals surface area contributed by atoms with Crippen molar-refractivity contribution in [2.24, 2.45) is 0 Å². The largest absolute Gasteiger partial charge is 0.497 e. The summed E-state index contributed by atoms with van der Waals surface area (Å²) in [7, 11) is 1.49. The quantitative estimate of drug-likeness (QED) is 0.313. The molecular weight excluding hydrogens is 495 g/mol. The van der Waals surface area contributed by atoms with Gasteiger partial charge >= 0.3 is 6.18 Å². The molecule has 0 radical (unpaired) electrons. The monoisotopic (exact) mass is 513 g/mol. The Morgan fingerprint density at radius 3 is 2.67 bits per heavy atom. The van der Waals surface area contributed by atoms with E-state index in [4.69, 9.17) is 16.3 Å². The molecule has 0 fully saturated rings. The first-order chi connectivity index (χ1) is 17.2. The zero-order chi connectivity index (χ0) is 25.4. The van der Waals surface area contributed by atoms with E-state index >= 15 is 0 Å². The summed E-state index contributed by atoms with van der Waals surface area (Å²) in [6.07, 6.45) is -1.29. The SMILES string of the molecule is COc1ccc(-c2cc(C(F)(F)F)n3ncc(C(=O)NCCc4c[nH]c5ccc(Cl)cc45)c3n2)cc1. The summed E-state index contributed by atoms with van der Waals surface area (Å²) in [5.41, 5.74) is 1.08. The van der Waals surface area contributed by atoms with Crippen molar-refractivity contribution >= 4 is 34.1 Å². The molecule has 0 aliphatic heterocycles. The first-order valence-electron chi connectivity index (χ1n) is 10.9. The van der Waals surface area contributed by atoms with Crippen molar-refractivity contribution in [2.75, 3.05) is 13.7 Å². The van der Waals surface area contributed by atoms with Crippen LogP contribution in [0.3, 0.4) is 0 Å². The molecule has 0 atom stereocenters. The van der Waals surface area contributed by atoms with Gasteiger partial charge in [-0.05, 0) is 60.5 Å². The minimum absolute atomic E-state index is 0.0576. The molecule has 2 N–H and O–H groups in total. The summed E-state index contributed by atoms with van der Waals surface area (Å²) in [4.78, 5) is 20.4. The molecule has 36 heavy (non-hydrogen) atoms. The third-order valence-electron chi connectivity index (χ3n) is 5.80. The second-order valence-corrected chi connectivity index (χ2v) is 8.49. The minimum atomic E-state index is -4.71. The number of hydrogen-bond donors (Lipinski definition) is 2. The molecule has 0 aliphatic rings. The minimum Gasteiger partial charge on any atom is -0.497 e. The molecule has 7 nitrogen and oxygen atoms in total. The second-order valence-electron chi connectivity index (χ2n) is 8.06. The first kappa shape index (κ1) is 23.7. The van der Waals surface area contributed by atoms with Crippen molar-refractivity contribution in [3.63, 3.8) is 0 Å². The smallest absolute Gasteiger partial charge is 0.433 e. The van der Waals surface area contributed by atoms with Gasteiger partial charge in [0.1, 0.15) is 11.3 Å². The van der Waals surface area contributed by atoms with Gasteiger partial charge in [0.05, 0.1) is 19.0 Å². The number of aromatic amines is 1. The summed E-state index contributed by atoms with van der Waals surface area (Å²) < 4.78 is 47.3. The molecule has 11 heteroatoms. The molecular formula is C25H19ClF3N5O2. The van der Waals surface area contributed by atoms with Gasteiger partial charge in [-0.1, -0.05) is 11.6 Å². The van der Waals surface area contributed by atoms with Gasteiger partial charge in [-0.25, -0.2) is 9.50 Å². The maximum absolute atomic E-state index is 13.8. The number of ether oxygens (including phenoxy) is 1. The lowest BCUT2D eigenvalue weighted by molar-refractivity contribution is -0.142. The number of carbonyl (C=O) groups excluding carboxylic acids is 1. The fourth-order valence-electron chi connectivity index (χ4n) is 4.00. The Labute approximate surface area is 207 Å². The third kappa shape index (κ3) is 4.47. The highest BCUT2D eigenvalue weighted by atomic mass is 35.5. The van der Waals surface area contributed by atoms with Crippen molar-refractivity contribution in [1.29, 1.82) is 0 Å². The number of fused-ring (bicyclic) bond motifs is 2. The normalized spacial score (nSPS) is 11.8. The summed E-state index contributed by atoms with van der Waals surface area (Å²) >= 11 is 6.09. The van der Waals surface area contributed by atoms with Gasteiger partial charge in [0.25, 0.3) is 5.91 Å². The number of amides is 1. The van der Waals surface area contributed by atoms with Crippen LogP contribution < -0.4 is 10.1 Å². The van der Waals surface area contributed by atoms with Crippen LogP contribution in [-0.4, -0.2) is 39.1 Å². The van der Waals surface area contributed by atoms with Gasteiger partial charge in [-0.15, -0.1) is 0 Å². The molecule has 0 aliphatic carbocycles. The van der Waals surface area contributed by atoms with Gasteiger partial charge in [-0.2, -0.15) is 18.3 Å². The van der Waals surface area contributed by atoms with Crippen molar-refractivity contribution in [2.45, 2.75) is 12.6 Å². The Hall–Kier alpha value is -4.05. The summed E-state index contributed by atoms with van der Waals surface area (Å²) in [6.45, 7) is 0.250. The standard InChI is InChI=1S/C25H19ClF3N5O2/c1-36-17-5-2-14(3-6-17)21-11-22(25(27,28)29)34-23(33-21)19(13-32-34)24(35)30-9-8-15-12-31-20-7-4-16(26)10-18(15)20/h2-7,10-13,31H,8-9H2,1H3,(H,30,35). The van der Waals surface area contributed by atoms with E-state index in [1.54, 1.807) is 30.3 Å². The fraction of sp³-hybridized carbons (Fsp3) is 0.160. The van der Waals surface area contributed by atoms with E-state index in [9.17, 15) is 18.0 Å². The molecule has 5 rings (SSSR count). The number of benzene rings is 2. The Morgan fingerprint density at radius 2 is 1.94 bits per heavy atom. The number of hydrogen-bond acceptors (Lipinski definition) is 4. The first-order valence-corrected chi connectivity index (χ1v) is 11.3. The van der Waals surface area contributed by atoms with E-state index in [0.717, 1.165) is 28.7 Å². The average molecular weight is 514 g/mol. The molecule has 3 heterocycles. The van der Waals surface area contributed by atoms with E-state index in [0.29, 0.717) is 27.3 Å². The summed E-state index contributed by atoms with van der Waals surface area (Å²) in [6, 6.07) is 12.8. The molecule has 0 spiro atoms. The number of alkyl halides is 3. The predicted molar refractivity (Wildman–Crippen MR) is 129 cm³/mol. The topological polar surface area (TPSA) is 84.3 Å². The number of nitrogens with zero attached hydrogens (tertiary/aromatic N) is 3. The lowest BCUT2D eigenvalue weighted by atomic mass is 10.1. The number of halogens is 4. The van der Waals surface area contributed by atoms with Crippen molar-refractivity contribution in [3.05, 3.63) is 82.8 Å². The number of H-pyrrole nitrogens is 1. The highest BCUT2D eigenvalue weighted by Crippen LogP contribution is 2.33. The van der Waals surface area contributed by atoms with E-state index in [1.165, 1.54) is 7.11 Å². The predicted octanol–water partition coefficient (Wildman–Crippen LogP) is 5.53. The number of nitrogens with one attached hydrogen (secondary N) is 2. The van der Waals surface area contributed by atoms with E-state index in [2.05, 4.69) is 20.4 Å². The number of methoxy groups -OCH3 is 1. The van der Waals surface area contributed by atoms with E-state index in [-0.39, 0.29) is 23.4 Å². The van der Waals surface area contributed by atoms with Gasteiger partial charge in [0, 0.05) is 34.2 Å². The highest BCUT2D eigenvalue weighted by molar-refractivity contribution is 6.31. The van der Waals surface area contributed by atoms with Gasteiger partial charge in [0.15, 0.2) is 11.3 Å². The highest BCUT2D eigenvalue weighted by Gasteiger charge is 2.36. The van der Waals surface area contributed by atoms with Gasteiger partial charge in [0.2, 0.25) is 0 Å². The van der Waals surface area contributed by atoms with Crippen LogP contribution in [0, 0.1) is 0 Å². The zero-order valence-corrected chi connectivity index (χ0v) is 19.6. The van der Waals surface area contributed by atoms with Crippen LogP contribution in [0.2, 0.25) is 5.02 Å².